The number of rotatable bonds is 4. The summed E-state index contributed by atoms with van der Waals surface area (Å²) in [6.07, 6.45) is 5.39. The number of benzene rings is 3. The van der Waals surface area contributed by atoms with Gasteiger partial charge < -0.3 is 5.32 Å². The van der Waals surface area contributed by atoms with Gasteiger partial charge in [-0.25, -0.2) is 0 Å². The molecular formula is C23H17NO2. The van der Waals surface area contributed by atoms with Crippen molar-refractivity contribution in [3.63, 3.8) is 0 Å². The average Bonchev–Trinajstić information content (AvgIpc) is 2.68. The minimum absolute atomic E-state index is 0.187. The molecule has 3 rings (SSSR count). The second-order valence-electron chi connectivity index (χ2n) is 5.92. The Kier molecular flexibility index (Phi) is 4.96. The first-order valence-electron chi connectivity index (χ1n) is 8.17. The van der Waals surface area contributed by atoms with Crippen molar-refractivity contribution in [2.24, 2.45) is 0 Å². The highest BCUT2D eigenvalue weighted by Gasteiger charge is 2.18. The maximum Gasteiger partial charge on any atom is 0.256 e. The molecular weight excluding hydrogens is 322 g/mol. The highest BCUT2D eigenvalue weighted by molar-refractivity contribution is 6.17. The molecule has 0 fully saturated rings. The maximum atomic E-state index is 12.8. The standard InChI is InChI=1S/C23H17NO2/c1-3-17-7-6-8-19(15-17)24-23(26)21-10-5-4-9-20(21)22(25)18-13-11-16(2)12-14-18/h1,4-15H,2H3,(H,24,26). The molecule has 0 saturated carbocycles. The van der Waals surface area contributed by atoms with E-state index in [2.05, 4.69) is 11.2 Å². The Bertz CT molecular complexity index is 1010. The van der Waals surface area contributed by atoms with Gasteiger partial charge in [0, 0.05) is 22.4 Å². The van der Waals surface area contributed by atoms with Crippen molar-refractivity contribution >= 4 is 17.4 Å². The Balaban J connectivity index is 1.91. The Morgan fingerprint density at radius 1 is 0.885 bits per heavy atom. The Morgan fingerprint density at radius 2 is 1.58 bits per heavy atom. The van der Waals surface area contributed by atoms with Gasteiger partial charge in [0.1, 0.15) is 0 Å². The average molecular weight is 339 g/mol. The van der Waals surface area contributed by atoms with Crippen LogP contribution in [0.15, 0.2) is 72.8 Å². The highest BCUT2D eigenvalue weighted by atomic mass is 16.2. The van der Waals surface area contributed by atoms with Crippen LogP contribution in [0.3, 0.4) is 0 Å². The summed E-state index contributed by atoms with van der Waals surface area (Å²) in [7, 11) is 0. The molecule has 26 heavy (non-hydrogen) atoms. The van der Waals surface area contributed by atoms with Gasteiger partial charge in [-0.15, -0.1) is 6.42 Å². The molecule has 0 atom stereocenters. The zero-order valence-electron chi connectivity index (χ0n) is 14.3. The third-order valence-electron chi connectivity index (χ3n) is 4.02. The quantitative estimate of drug-likeness (QED) is 0.563. The monoisotopic (exact) mass is 339 g/mol. The van der Waals surface area contributed by atoms with E-state index in [1.807, 2.05) is 19.1 Å². The summed E-state index contributed by atoms with van der Waals surface area (Å²) in [5, 5.41) is 2.80. The Labute approximate surface area is 152 Å². The fourth-order valence-corrected chi connectivity index (χ4v) is 2.62. The van der Waals surface area contributed by atoms with Crippen LogP contribution < -0.4 is 5.32 Å². The molecule has 0 aliphatic rings. The Morgan fingerprint density at radius 3 is 2.27 bits per heavy atom. The predicted molar refractivity (Wildman–Crippen MR) is 103 cm³/mol. The fraction of sp³-hybridized carbons (Fsp3) is 0.0435. The van der Waals surface area contributed by atoms with Crippen LogP contribution in [-0.4, -0.2) is 11.7 Å². The first-order chi connectivity index (χ1) is 12.6. The molecule has 3 heteroatoms. The summed E-state index contributed by atoms with van der Waals surface area (Å²) in [6.45, 7) is 1.96. The smallest absolute Gasteiger partial charge is 0.256 e. The number of carbonyl (C=O) groups is 2. The number of hydrogen-bond donors (Lipinski definition) is 1. The molecule has 0 aliphatic heterocycles. The molecule has 0 heterocycles. The van der Waals surface area contributed by atoms with Crippen LogP contribution in [0.2, 0.25) is 0 Å². The van der Waals surface area contributed by atoms with Gasteiger partial charge in [0.2, 0.25) is 0 Å². The molecule has 0 spiro atoms. The molecule has 0 aliphatic carbocycles. The molecule has 0 bridgehead atoms. The van der Waals surface area contributed by atoms with E-state index in [9.17, 15) is 9.59 Å². The van der Waals surface area contributed by atoms with Gasteiger partial charge in [-0.3, -0.25) is 9.59 Å². The van der Waals surface area contributed by atoms with E-state index < -0.39 is 0 Å². The largest absolute Gasteiger partial charge is 0.322 e. The summed E-state index contributed by atoms with van der Waals surface area (Å²) in [4.78, 5) is 25.5. The summed E-state index contributed by atoms with van der Waals surface area (Å²) >= 11 is 0. The number of nitrogens with one attached hydrogen (secondary N) is 1. The van der Waals surface area contributed by atoms with Crippen LogP contribution in [0.5, 0.6) is 0 Å². The second kappa shape index (κ2) is 7.50. The number of terminal acetylenes is 1. The predicted octanol–water partition coefficient (Wildman–Crippen LogP) is 4.46. The third-order valence-corrected chi connectivity index (χ3v) is 4.02. The first kappa shape index (κ1) is 17.2. The number of carbonyl (C=O) groups excluding carboxylic acids is 2. The lowest BCUT2D eigenvalue weighted by Crippen LogP contribution is -2.17. The summed E-state index contributed by atoms with van der Waals surface area (Å²) in [6, 6.07) is 21.1. The maximum absolute atomic E-state index is 12.8. The van der Waals surface area contributed by atoms with Crippen molar-refractivity contribution < 1.29 is 9.59 Å². The van der Waals surface area contributed by atoms with Crippen molar-refractivity contribution in [1.82, 2.24) is 0 Å². The lowest BCUT2D eigenvalue weighted by Gasteiger charge is -2.10. The van der Waals surface area contributed by atoms with Gasteiger partial charge in [-0.05, 0) is 31.2 Å². The fourth-order valence-electron chi connectivity index (χ4n) is 2.62. The molecule has 0 aromatic heterocycles. The van der Waals surface area contributed by atoms with Crippen LogP contribution in [0.25, 0.3) is 0 Å². The van der Waals surface area contributed by atoms with Gasteiger partial charge in [-0.1, -0.05) is 60.0 Å². The van der Waals surface area contributed by atoms with Crippen LogP contribution in [0, 0.1) is 19.3 Å². The Hall–Kier alpha value is -3.64. The van der Waals surface area contributed by atoms with Gasteiger partial charge >= 0.3 is 0 Å². The number of ketones is 1. The van der Waals surface area contributed by atoms with E-state index in [4.69, 9.17) is 6.42 Å². The van der Waals surface area contributed by atoms with Gasteiger partial charge in [0.15, 0.2) is 5.78 Å². The van der Waals surface area contributed by atoms with Crippen LogP contribution in [-0.2, 0) is 0 Å². The molecule has 1 amide bonds. The van der Waals surface area contributed by atoms with Crippen LogP contribution in [0.1, 0.15) is 37.4 Å². The van der Waals surface area contributed by atoms with Gasteiger partial charge in [0.25, 0.3) is 5.91 Å². The molecule has 3 aromatic carbocycles. The van der Waals surface area contributed by atoms with E-state index in [1.165, 1.54) is 0 Å². The molecule has 0 radical (unpaired) electrons. The molecule has 1 N–H and O–H groups in total. The van der Waals surface area contributed by atoms with Crippen LogP contribution in [0.4, 0.5) is 5.69 Å². The number of anilines is 1. The zero-order chi connectivity index (χ0) is 18.5. The van der Waals surface area contributed by atoms with Crippen molar-refractivity contribution in [2.75, 3.05) is 5.32 Å². The molecule has 0 unspecified atom stereocenters. The number of amides is 1. The number of hydrogen-bond acceptors (Lipinski definition) is 2. The van der Waals surface area contributed by atoms with E-state index >= 15 is 0 Å². The van der Waals surface area contributed by atoms with E-state index in [0.717, 1.165) is 5.56 Å². The third kappa shape index (κ3) is 3.71. The van der Waals surface area contributed by atoms with Crippen molar-refractivity contribution in [2.45, 2.75) is 6.92 Å². The topological polar surface area (TPSA) is 46.2 Å². The van der Waals surface area contributed by atoms with Gasteiger partial charge in [-0.2, -0.15) is 0 Å². The minimum Gasteiger partial charge on any atom is -0.322 e. The molecule has 0 saturated heterocycles. The van der Waals surface area contributed by atoms with E-state index in [-0.39, 0.29) is 11.7 Å². The molecule has 126 valence electrons. The first-order valence-corrected chi connectivity index (χ1v) is 8.17. The van der Waals surface area contributed by atoms with Crippen LogP contribution >= 0.6 is 0 Å². The lowest BCUT2D eigenvalue weighted by molar-refractivity contribution is 0.0996. The van der Waals surface area contributed by atoms with Crippen molar-refractivity contribution in [3.05, 3.63) is 101 Å². The van der Waals surface area contributed by atoms with E-state index in [0.29, 0.717) is 27.9 Å². The van der Waals surface area contributed by atoms with Gasteiger partial charge in [0.05, 0.1) is 5.56 Å². The minimum atomic E-state index is -0.352. The summed E-state index contributed by atoms with van der Waals surface area (Å²) in [5.74, 6) is 1.99. The molecule has 3 nitrogen and oxygen atoms in total. The summed E-state index contributed by atoms with van der Waals surface area (Å²) < 4.78 is 0. The highest BCUT2D eigenvalue weighted by Crippen LogP contribution is 2.18. The zero-order valence-corrected chi connectivity index (χ0v) is 14.3. The van der Waals surface area contributed by atoms with E-state index in [1.54, 1.807) is 60.7 Å². The van der Waals surface area contributed by atoms with Crippen molar-refractivity contribution in [3.8, 4) is 12.3 Å². The normalized spacial score (nSPS) is 10.0. The second-order valence-corrected chi connectivity index (χ2v) is 5.92. The molecule has 3 aromatic rings. The number of aryl methyl sites for hydroxylation is 1. The summed E-state index contributed by atoms with van der Waals surface area (Å²) in [5.41, 5.74) is 3.56. The van der Waals surface area contributed by atoms with Crippen molar-refractivity contribution in [1.29, 1.82) is 0 Å². The lowest BCUT2D eigenvalue weighted by atomic mass is 9.97. The SMILES string of the molecule is C#Cc1cccc(NC(=O)c2ccccc2C(=O)c2ccc(C)cc2)c1.